The van der Waals surface area contributed by atoms with Crippen molar-refractivity contribution in [2.45, 2.75) is 13.5 Å². The predicted molar refractivity (Wildman–Crippen MR) is 81.5 cm³/mol. The Morgan fingerprint density at radius 2 is 2.33 bits per heavy atom. The topological polar surface area (TPSA) is 50.9 Å². The Hall–Kier alpha value is -1.17. The van der Waals surface area contributed by atoms with Crippen LogP contribution in [0, 0.1) is 6.92 Å². The summed E-state index contributed by atoms with van der Waals surface area (Å²) in [5.74, 6) is 0. The van der Waals surface area contributed by atoms with E-state index in [1.807, 2.05) is 31.3 Å². The molecular formula is C12H12ClN3S2. The first-order valence-electron chi connectivity index (χ1n) is 5.31. The van der Waals surface area contributed by atoms with Gasteiger partial charge in [-0.1, -0.05) is 23.8 Å². The van der Waals surface area contributed by atoms with Gasteiger partial charge in [-0.2, -0.15) is 0 Å². The summed E-state index contributed by atoms with van der Waals surface area (Å²) in [6, 6.07) is 5.54. The van der Waals surface area contributed by atoms with E-state index in [1.54, 1.807) is 11.3 Å². The minimum absolute atomic E-state index is 0.307. The first-order valence-corrected chi connectivity index (χ1v) is 6.91. The van der Waals surface area contributed by atoms with Gasteiger partial charge < -0.3 is 11.1 Å². The molecule has 18 heavy (non-hydrogen) atoms. The van der Waals surface area contributed by atoms with Crippen LogP contribution in [0.1, 0.15) is 15.4 Å². The molecule has 0 saturated carbocycles. The number of nitrogens with one attached hydrogen (secondary N) is 1. The van der Waals surface area contributed by atoms with E-state index in [0.717, 1.165) is 10.7 Å². The summed E-state index contributed by atoms with van der Waals surface area (Å²) in [5, 5.41) is 4.86. The van der Waals surface area contributed by atoms with Crippen LogP contribution in [0.2, 0.25) is 5.02 Å². The Labute approximate surface area is 120 Å². The van der Waals surface area contributed by atoms with Gasteiger partial charge >= 0.3 is 0 Å². The SMILES string of the molecule is Cc1cnc(CNc2ccc(C(N)=S)c(Cl)c2)s1. The number of rotatable bonds is 4. The van der Waals surface area contributed by atoms with E-state index in [2.05, 4.69) is 10.3 Å². The highest BCUT2D eigenvalue weighted by Crippen LogP contribution is 2.22. The first-order chi connectivity index (χ1) is 8.56. The van der Waals surface area contributed by atoms with Crippen LogP contribution in [0.4, 0.5) is 5.69 Å². The number of hydrogen-bond donors (Lipinski definition) is 2. The molecule has 0 unspecified atom stereocenters. The molecule has 0 atom stereocenters. The Kier molecular flexibility index (Phi) is 4.16. The molecule has 3 N–H and O–H groups in total. The van der Waals surface area contributed by atoms with Gasteiger partial charge in [-0.3, -0.25) is 0 Å². The van der Waals surface area contributed by atoms with Gasteiger partial charge in [0.15, 0.2) is 0 Å². The maximum atomic E-state index is 6.09. The van der Waals surface area contributed by atoms with Crippen molar-refractivity contribution < 1.29 is 0 Å². The van der Waals surface area contributed by atoms with Crippen LogP contribution >= 0.6 is 35.2 Å². The van der Waals surface area contributed by atoms with Gasteiger partial charge in [-0.25, -0.2) is 4.98 Å². The molecule has 0 amide bonds. The number of halogens is 1. The summed E-state index contributed by atoms with van der Waals surface area (Å²) in [7, 11) is 0. The lowest BCUT2D eigenvalue weighted by molar-refractivity contribution is 1.10. The number of thiocarbonyl (C=S) groups is 1. The number of nitrogens with two attached hydrogens (primary N) is 1. The monoisotopic (exact) mass is 297 g/mol. The highest BCUT2D eigenvalue weighted by atomic mass is 35.5. The van der Waals surface area contributed by atoms with E-state index >= 15 is 0 Å². The molecule has 2 rings (SSSR count). The second kappa shape index (κ2) is 5.65. The van der Waals surface area contributed by atoms with Crippen LogP contribution in [-0.2, 0) is 6.54 Å². The summed E-state index contributed by atoms with van der Waals surface area (Å²) < 4.78 is 0. The van der Waals surface area contributed by atoms with Gasteiger partial charge in [0.2, 0.25) is 0 Å². The van der Waals surface area contributed by atoms with Crippen LogP contribution in [-0.4, -0.2) is 9.97 Å². The number of benzene rings is 1. The zero-order chi connectivity index (χ0) is 13.1. The van der Waals surface area contributed by atoms with Crippen molar-refractivity contribution in [3.63, 3.8) is 0 Å². The average Bonchev–Trinajstić information content (AvgIpc) is 2.72. The molecule has 94 valence electrons. The smallest absolute Gasteiger partial charge is 0.112 e. The fraction of sp³-hybridized carbons (Fsp3) is 0.167. The third kappa shape index (κ3) is 3.19. The molecule has 0 spiro atoms. The van der Waals surface area contributed by atoms with Crippen molar-refractivity contribution >= 4 is 45.8 Å². The quantitative estimate of drug-likeness (QED) is 0.850. The number of aromatic nitrogens is 1. The molecule has 1 aromatic heterocycles. The third-order valence-corrected chi connectivity index (χ3v) is 3.79. The molecule has 1 aromatic carbocycles. The molecular weight excluding hydrogens is 286 g/mol. The molecule has 0 saturated heterocycles. The van der Waals surface area contributed by atoms with E-state index in [-0.39, 0.29) is 0 Å². The highest BCUT2D eigenvalue weighted by molar-refractivity contribution is 7.80. The summed E-state index contributed by atoms with van der Waals surface area (Å²) in [5.41, 5.74) is 7.17. The second-order valence-electron chi connectivity index (χ2n) is 3.78. The van der Waals surface area contributed by atoms with Crippen molar-refractivity contribution in [2.75, 3.05) is 5.32 Å². The molecule has 0 bridgehead atoms. The van der Waals surface area contributed by atoms with E-state index in [0.29, 0.717) is 22.1 Å². The second-order valence-corrected chi connectivity index (χ2v) is 5.94. The largest absolute Gasteiger partial charge is 0.389 e. The minimum atomic E-state index is 0.307. The fourth-order valence-corrected chi connectivity index (χ4v) is 2.73. The van der Waals surface area contributed by atoms with Gasteiger partial charge in [0.1, 0.15) is 10.00 Å². The molecule has 0 aliphatic rings. The van der Waals surface area contributed by atoms with Crippen LogP contribution in [0.3, 0.4) is 0 Å². The fourth-order valence-electron chi connectivity index (χ4n) is 1.49. The third-order valence-electron chi connectivity index (χ3n) is 2.35. The van der Waals surface area contributed by atoms with Gasteiger partial charge in [-0.05, 0) is 25.1 Å². The van der Waals surface area contributed by atoms with E-state index in [4.69, 9.17) is 29.6 Å². The molecule has 0 aliphatic heterocycles. The van der Waals surface area contributed by atoms with E-state index in [9.17, 15) is 0 Å². The number of thiazole rings is 1. The number of hydrogen-bond acceptors (Lipinski definition) is 4. The Morgan fingerprint density at radius 3 is 2.89 bits per heavy atom. The molecule has 6 heteroatoms. The van der Waals surface area contributed by atoms with E-state index < -0.39 is 0 Å². The van der Waals surface area contributed by atoms with Crippen molar-refractivity contribution in [3.05, 3.63) is 44.9 Å². The average molecular weight is 298 g/mol. The Balaban J connectivity index is 2.06. The van der Waals surface area contributed by atoms with E-state index in [1.165, 1.54) is 4.88 Å². The summed E-state index contributed by atoms with van der Waals surface area (Å²) in [4.78, 5) is 5.79. The predicted octanol–water partition coefficient (Wildman–Crippen LogP) is 3.35. The molecule has 1 heterocycles. The van der Waals surface area contributed by atoms with Crippen molar-refractivity contribution in [1.29, 1.82) is 0 Å². The lowest BCUT2D eigenvalue weighted by Crippen LogP contribution is -2.10. The molecule has 0 aliphatic carbocycles. The maximum absolute atomic E-state index is 6.09. The van der Waals surface area contributed by atoms with Crippen molar-refractivity contribution in [1.82, 2.24) is 4.98 Å². The zero-order valence-electron chi connectivity index (χ0n) is 9.74. The van der Waals surface area contributed by atoms with Crippen LogP contribution < -0.4 is 11.1 Å². The van der Waals surface area contributed by atoms with Gasteiger partial charge in [0.25, 0.3) is 0 Å². The number of anilines is 1. The summed E-state index contributed by atoms with van der Waals surface area (Å²) in [6.45, 7) is 2.72. The van der Waals surface area contributed by atoms with Crippen LogP contribution in [0.5, 0.6) is 0 Å². The molecule has 0 radical (unpaired) electrons. The Morgan fingerprint density at radius 1 is 1.56 bits per heavy atom. The number of aryl methyl sites for hydroxylation is 1. The highest BCUT2D eigenvalue weighted by Gasteiger charge is 2.05. The lowest BCUT2D eigenvalue weighted by Gasteiger charge is -2.07. The van der Waals surface area contributed by atoms with Gasteiger partial charge in [0.05, 0.1) is 11.6 Å². The van der Waals surface area contributed by atoms with Crippen LogP contribution in [0.25, 0.3) is 0 Å². The Bertz CT molecular complexity index is 580. The molecule has 3 nitrogen and oxygen atoms in total. The van der Waals surface area contributed by atoms with Crippen molar-refractivity contribution in [2.24, 2.45) is 5.73 Å². The first kappa shape index (κ1) is 13.3. The van der Waals surface area contributed by atoms with Gasteiger partial charge in [-0.15, -0.1) is 11.3 Å². The molecule has 2 aromatic rings. The van der Waals surface area contributed by atoms with Gasteiger partial charge in [0, 0.05) is 22.3 Å². The normalized spacial score (nSPS) is 10.3. The van der Waals surface area contributed by atoms with Crippen molar-refractivity contribution in [3.8, 4) is 0 Å². The maximum Gasteiger partial charge on any atom is 0.112 e. The lowest BCUT2D eigenvalue weighted by atomic mass is 10.2. The number of nitrogens with zero attached hydrogens (tertiary/aromatic N) is 1. The zero-order valence-corrected chi connectivity index (χ0v) is 12.1. The molecule has 0 fully saturated rings. The standard InChI is InChI=1S/C12H12ClN3S2/c1-7-5-16-11(18-7)6-15-8-2-3-9(12(14)17)10(13)4-8/h2-5,15H,6H2,1H3,(H2,14,17). The van der Waals surface area contributed by atoms with Crippen LogP contribution in [0.15, 0.2) is 24.4 Å². The summed E-state index contributed by atoms with van der Waals surface area (Å²) >= 11 is 12.7. The summed E-state index contributed by atoms with van der Waals surface area (Å²) in [6.07, 6.45) is 1.87. The minimum Gasteiger partial charge on any atom is -0.389 e.